The number of nitrogens with two attached hydrogens (primary N) is 2. The molecule has 0 aromatic heterocycles. The zero-order valence-electron chi connectivity index (χ0n) is 7.25. The van der Waals surface area contributed by atoms with E-state index >= 15 is 0 Å². The van der Waals surface area contributed by atoms with Gasteiger partial charge in [0.05, 0.1) is 0 Å². The van der Waals surface area contributed by atoms with Gasteiger partial charge in [0.1, 0.15) is 0 Å². The van der Waals surface area contributed by atoms with Crippen molar-refractivity contribution in [2.75, 3.05) is 6.54 Å². The van der Waals surface area contributed by atoms with Gasteiger partial charge in [0.25, 0.3) is 0 Å². The van der Waals surface area contributed by atoms with Crippen LogP contribution in [0.25, 0.3) is 0 Å². The summed E-state index contributed by atoms with van der Waals surface area (Å²) >= 11 is 0. The number of primary amides is 1. The van der Waals surface area contributed by atoms with Gasteiger partial charge in [0, 0.05) is 5.41 Å². The van der Waals surface area contributed by atoms with Crippen LogP contribution in [0.1, 0.15) is 25.7 Å². The minimum absolute atomic E-state index is 0.0963. The maximum Gasteiger partial charge on any atom is 0.223 e. The Kier molecular flexibility index (Phi) is 1.65. The van der Waals surface area contributed by atoms with Crippen molar-refractivity contribution in [3.05, 3.63) is 0 Å². The third-order valence-corrected chi connectivity index (χ3v) is 3.79. The van der Waals surface area contributed by atoms with Crippen LogP contribution in [0.5, 0.6) is 0 Å². The summed E-state index contributed by atoms with van der Waals surface area (Å²) in [7, 11) is 0. The van der Waals surface area contributed by atoms with Crippen LogP contribution in [0.2, 0.25) is 0 Å². The molecule has 3 atom stereocenters. The van der Waals surface area contributed by atoms with Crippen molar-refractivity contribution < 1.29 is 4.79 Å². The van der Waals surface area contributed by atoms with Gasteiger partial charge in [-0.2, -0.15) is 0 Å². The van der Waals surface area contributed by atoms with Gasteiger partial charge in [-0.3, -0.25) is 4.79 Å². The lowest BCUT2D eigenvalue weighted by Crippen LogP contribution is -2.35. The summed E-state index contributed by atoms with van der Waals surface area (Å²) in [6.45, 7) is 0.722. The predicted octanol–water partition coefficient (Wildman–Crippen LogP) is 0.237. The van der Waals surface area contributed by atoms with Crippen LogP contribution in [0.4, 0.5) is 0 Å². The number of hydrogen-bond acceptors (Lipinski definition) is 2. The molecule has 68 valence electrons. The highest BCUT2D eigenvalue weighted by Gasteiger charge is 2.53. The fourth-order valence-electron chi connectivity index (χ4n) is 3.02. The average molecular weight is 168 g/mol. The van der Waals surface area contributed by atoms with Gasteiger partial charge in [0.15, 0.2) is 0 Å². The van der Waals surface area contributed by atoms with E-state index in [1.54, 1.807) is 0 Å². The average Bonchev–Trinajstić information content (AvgIpc) is 2.61. The third-order valence-electron chi connectivity index (χ3n) is 3.79. The molecule has 0 heterocycles. The molecule has 3 heteroatoms. The molecular formula is C9H16N2O. The lowest BCUT2D eigenvalue weighted by molar-refractivity contribution is -0.127. The van der Waals surface area contributed by atoms with Crippen LogP contribution >= 0.6 is 0 Å². The zero-order chi connectivity index (χ0) is 8.77. The molecule has 0 aromatic carbocycles. The number of carbonyl (C=O) groups is 1. The van der Waals surface area contributed by atoms with Gasteiger partial charge in [0.2, 0.25) is 5.91 Å². The maximum absolute atomic E-state index is 11.2. The molecule has 2 rings (SSSR count). The summed E-state index contributed by atoms with van der Waals surface area (Å²) in [4.78, 5) is 11.2. The minimum Gasteiger partial charge on any atom is -0.369 e. The second-order valence-corrected chi connectivity index (χ2v) is 4.35. The van der Waals surface area contributed by atoms with Crippen molar-refractivity contribution in [2.24, 2.45) is 28.7 Å². The first-order valence-corrected chi connectivity index (χ1v) is 4.68. The van der Waals surface area contributed by atoms with Crippen molar-refractivity contribution in [3.63, 3.8) is 0 Å². The number of fused-ring (bicyclic) bond motifs is 2. The molecule has 0 spiro atoms. The van der Waals surface area contributed by atoms with Crippen LogP contribution in [0.15, 0.2) is 0 Å². The minimum atomic E-state index is -0.158. The molecule has 1 amide bonds. The van der Waals surface area contributed by atoms with Gasteiger partial charge in [-0.05, 0) is 44.1 Å². The van der Waals surface area contributed by atoms with Gasteiger partial charge in [-0.25, -0.2) is 0 Å². The van der Waals surface area contributed by atoms with E-state index < -0.39 is 0 Å². The Hall–Kier alpha value is -0.570. The molecule has 2 fully saturated rings. The normalized spacial score (nSPS) is 45.1. The standard InChI is InChI=1S/C9H16N2O/c10-5-7-4-9(8(11)12)2-1-6(7)3-9/h6-7H,1-5,10H2,(H2,11,12). The first kappa shape index (κ1) is 8.05. The van der Waals surface area contributed by atoms with E-state index in [9.17, 15) is 4.79 Å². The van der Waals surface area contributed by atoms with Crippen molar-refractivity contribution >= 4 is 5.91 Å². The molecular weight excluding hydrogens is 152 g/mol. The topological polar surface area (TPSA) is 69.1 Å². The molecule has 2 aliphatic rings. The molecule has 0 radical (unpaired) electrons. The third kappa shape index (κ3) is 0.891. The van der Waals surface area contributed by atoms with E-state index in [1.165, 1.54) is 0 Å². The Morgan fingerprint density at radius 2 is 2.25 bits per heavy atom. The molecule has 0 saturated heterocycles. The lowest BCUT2D eigenvalue weighted by Gasteiger charge is -2.26. The number of hydrogen-bond donors (Lipinski definition) is 2. The molecule has 3 unspecified atom stereocenters. The Bertz CT molecular complexity index is 217. The van der Waals surface area contributed by atoms with Crippen LogP contribution in [0, 0.1) is 17.3 Å². The first-order chi connectivity index (χ1) is 5.68. The second-order valence-electron chi connectivity index (χ2n) is 4.35. The van der Waals surface area contributed by atoms with Gasteiger partial charge in [-0.15, -0.1) is 0 Å². The second kappa shape index (κ2) is 2.46. The SMILES string of the molecule is NCC1CC2(C(N)=O)CCC1C2. The Balaban J connectivity index is 2.17. The maximum atomic E-state index is 11.2. The smallest absolute Gasteiger partial charge is 0.223 e. The van der Waals surface area contributed by atoms with Crippen molar-refractivity contribution in [2.45, 2.75) is 25.7 Å². The zero-order valence-corrected chi connectivity index (χ0v) is 7.25. The van der Waals surface area contributed by atoms with Crippen LogP contribution in [-0.2, 0) is 4.79 Å². The molecule has 2 saturated carbocycles. The highest BCUT2D eigenvalue weighted by Crippen LogP contribution is 2.56. The molecule has 12 heavy (non-hydrogen) atoms. The predicted molar refractivity (Wildman–Crippen MR) is 46.1 cm³/mol. The van der Waals surface area contributed by atoms with Crippen LogP contribution < -0.4 is 11.5 Å². The van der Waals surface area contributed by atoms with Crippen LogP contribution in [0.3, 0.4) is 0 Å². The molecule has 4 N–H and O–H groups in total. The summed E-state index contributed by atoms with van der Waals surface area (Å²) < 4.78 is 0. The summed E-state index contributed by atoms with van der Waals surface area (Å²) in [5.41, 5.74) is 10.9. The molecule has 0 aromatic rings. The first-order valence-electron chi connectivity index (χ1n) is 4.68. The van der Waals surface area contributed by atoms with Gasteiger partial charge < -0.3 is 11.5 Å². The molecule has 2 bridgehead atoms. The van der Waals surface area contributed by atoms with Crippen molar-refractivity contribution in [1.82, 2.24) is 0 Å². The summed E-state index contributed by atoms with van der Waals surface area (Å²) in [5.74, 6) is 1.15. The fraction of sp³-hybridized carbons (Fsp3) is 0.889. The Morgan fingerprint density at radius 3 is 2.67 bits per heavy atom. The van der Waals surface area contributed by atoms with Gasteiger partial charge >= 0.3 is 0 Å². The van der Waals surface area contributed by atoms with Gasteiger partial charge in [-0.1, -0.05) is 0 Å². The highest BCUT2D eigenvalue weighted by molar-refractivity contribution is 5.81. The lowest BCUT2D eigenvalue weighted by atomic mass is 9.79. The summed E-state index contributed by atoms with van der Waals surface area (Å²) in [6.07, 6.45) is 4.11. The van der Waals surface area contributed by atoms with E-state index in [0.29, 0.717) is 11.8 Å². The largest absolute Gasteiger partial charge is 0.369 e. The van der Waals surface area contributed by atoms with E-state index in [2.05, 4.69) is 0 Å². The quantitative estimate of drug-likeness (QED) is 0.620. The van der Waals surface area contributed by atoms with E-state index in [0.717, 1.165) is 32.2 Å². The Labute approximate surface area is 72.5 Å². The highest BCUT2D eigenvalue weighted by atomic mass is 16.1. The van der Waals surface area contributed by atoms with Crippen LogP contribution in [-0.4, -0.2) is 12.5 Å². The molecule has 0 aliphatic heterocycles. The Morgan fingerprint density at radius 1 is 1.50 bits per heavy atom. The number of carbonyl (C=O) groups excluding carboxylic acids is 1. The number of amides is 1. The molecule has 3 nitrogen and oxygen atoms in total. The van der Waals surface area contributed by atoms with E-state index in [-0.39, 0.29) is 11.3 Å². The van der Waals surface area contributed by atoms with E-state index in [4.69, 9.17) is 11.5 Å². The molecule has 2 aliphatic carbocycles. The monoisotopic (exact) mass is 168 g/mol. The van der Waals surface area contributed by atoms with Crippen molar-refractivity contribution in [3.8, 4) is 0 Å². The summed E-state index contributed by atoms with van der Waals surface area (Å²) in [5, 5.41) is 0. The van der Waals surface area contributed by atoms with Crippen molar-refractivity contribution in [1.29, 1.82) is 0 Å². The number of rotatable bonds is 2. The fourth-order valence-corrected chi connectivity index (χ4v) is 3.02. The van der Waals surface area contributed by atoms with E-state index in [1.807, 2.05) is 0 Å². The summed E-state index contributed by atoms with van der Waals surface area (Å²) in [6, 6.07) is 0.